The molecule has 0 amide bonds. The molecule has 1 rings (SSSR count). The molecule has 3 nitrogen and oxygen atoms in total. The van der Waals surface area contributed by atoms with Gasteiger partial charge in [0, 0.05) is 0 Å². The zero-order chi connectivity index (χ0) is 13.5. The zero-order valence-electron chi connectivity index (χ0n) is 11.7. The van der Waals surface area contributed by atoms with Gasteiger partial charge in [0.15, 0.2) is 6.10 Å². The van der Waals surface area contributed by atoms with E-state index in [4.69, 9.17) is 9.47 Å². The van der Waals surface area contributed by atoms with Crippen LogP contribution in [-0.4, -0.2) is 18.7 Å². The molecule has 18 heavy (non-hydrogen) atoms. The first-order valence-electron chi connectivity index (χ1n) is 6.58. The van der Waals surface area contributed by atoms with Crippen molar-refractivity contribution in [3.05, 3.63) is 29.3 Å². The van der Waals surface area contributed by atoms with Crippen molar-refractivity contribution in [1.29, 1.82) is 0 Å². The van der Waals surface area contributed by atoms with E-state index in [1.807, 2.05) is 18.2 Å². The van der Waals surface area contributed by atoms with Crippen LogP contribution in [-0.2, 0) is 22.4 Å². The zero-order valence-corrected chi connectivity index (χ0v) is 11.7. The molecular weight excluding hydrogens is 228 g/mol. The molecule has 0 heterocycles. The van der Waals surface area contributed by atoms with Crippen LogP contribution in [0.5, 0.6) is 5.75 Å². The quantitative estimate of drug-likeness (QED) is 0.728. The molecule has 0 saturated carbocycles. The maximum absolute atomic E-state index is 11.6. The minimum Gasteiger partial charge on any atom is -0.478 e. The third-order valence-corrected chi connectivity index (χ3v) is 2.85. The molecule has 100 valence electrons. The molecule has 0 spiro atoms. The van der Waals surface area contributed by atoms with Gasteiger partial charge in [-0.05, 0) is 37.8 Å². The van der Waals surface area contributed by atoms with Crippen molar-refractivity contribution in [2.75, 3.05) is 6.61 Å². The topological polar surface area (TPSA) is 35.5 Å². The Labute approximate surface area is 109 Å². The summed E-state index contributed by atoms with van der Waals surface area (Å²) in [4.78, 5) is 11.6. The molecule has 0 saturated heterocycles. The number of hydrogen-bond donors (Lipinski definition) is 0. The van der Waals surface area contributed by atoms with Crippen molar-refractivity contribution < 1.29 is 14.3 Å². The molecule has 0 radical (unpaired) electrons. The Morgan fingerprint density at radius 3 is 2.17 bits per heavy atom. The van der Waals surface area contributed by atoms with Gasteiger partial charge in [-0.25, -0.2) is 4.79 Å². The largest absolute Gasteiger partial charge is 0.478 e. The first-order valence-corrected chi connectivity index (χ1v) is 6.58. The van der Waals surface area contributed by atoms with Gasteiger partial charge in [-0.2, -0.15) is 0 Å². The highest BCUT2D eigenvalue weighted by molar-refractivity contribution is 5.74. The Hall–Kier alpha value is -1.51. The van der Waals surface area contributed by atoms with E-state index >= 15 is 0 Å². The fourth-order valence-corrected chi connectivity index (χ4v) is 1.83. The standard InChI is InChI=1S/C15H22O3/c1-5-12-9-8-10-13(6-2)14(12)18-11(4)15(16)17-7-3/h8-11H,5-7H2,1-4H3/t11-/m0/s1. The van der Waals surface area contributed by atoms with Gasteiger partial charge in [0.2, 0.25) is 0 Å². The SMILES string of the molecule is CCOC(=O)[C@H](C)Oc1c(CC)cccc1CC. The highest BCUT2D eigenvalue weighted by Gasteiger charge is 2.18. The number of para-hydroxylation sites is 1. The third-order valence-electron chi connectivity index (χ3n) is 2.85. The third kappa shape index (κ3) is 3.49. The lowest BCUT2D eigenvalue weighted by Crippen LogP contribution is -2.26. The van der Waals surface area contributed by atoms with Crippen LogP contribution in [0.4, 0.5) is 0 Å². The van der Waals surface area contributed by atoms with Crippen LogP contribution in [0, 0.1) is 0 Å². The number of carbonyl (C=O) groups is 1. The highest BCUT2D eigenvalue weighted by Crippen LogP contribution is 2.26. The monoisotopic (exact) mass is 250 g/mol. The smallest absolute Gasteiger partial charge is 0.347 e. The Bertz CT molecular complexity index is 376. The van der Waals surface area contributed by atoms with Crippen LogP contribution in [0.25, 0.3) is 0 Å². The second kappa shape index (κ2) is 7.04. The minimum absolute atomic E-state index is 0.314. The van der Waals surface area contributed by atoms with Gasteiger partial charge in [0.05, 0.1) is 6.61 Å². The predicted octanol–water partition coefficient (Wildman–Crippen LogP) is 3.14. The molecule has 1 atom stereocenters. The molecule has 0 bridgehead atoms. The van der Waals surface area contributed by atoms with Crippen LogP contribution in [0.15, 0.2) is 18.2 Å². The molecule has 0 N–H and O–H groups in total. The van der Waals surface area contributed by atoms with Crippen LogP contribution in [0.2, 0.25) is 0 Å². The molecule has 1 aromatic rings. The number of esters is 1. The van der Waals surface area contributed by atoms with E-state index < -0.39 is 6.10 Å². The number of hydrogen-bond acceptors (Lipinski definition) is 3. The van der Waals surface area contributed by atoms with Crippen LogP contribution < -0.4 is 4.74 Å². The normalized spacial score (nSPS) is 12.0. The highest BCUT2D eigenvalue weighted by atomic mass is 16.6. The fourth-order valence-electron chi connectivity index (χ4n) is 1.83. The van der Waals surface area contributed by atoms with Crippen LogP contribution >= 0.6 is 0 Å². The summed E-state index contributed by atoms with van der Waals surface area (Å²) in [5, 5.41) is 0. The summed E-state index contributed by atoms with van der Waals surface area (Å²) >= 11 is 0. The van der Waals surface area contributed by atoms with Crippen LogP contribution in [0.1, 0.15) is 38.8 Å². The number of aryl methyl sites for hydroxylation is 2. The average molecular weight is 250 g/mol. The minimum atomic E-state index is -0.567. The number of ether oxygens (including phenoxy) is 2. The van der Waals surface area contributed by atoms with E-state index in [0.717, 1.165) is 29.7 Å². The molecule has 3 heteroatoms. The Morgan fingerprint density at radius 1 is 1.17 bits per heavy atom. The van der Waals surface area contributed by atoms with Crippen molar-refractivity contribution in [1.82, 2.24) is 0 Å². The molecule has 0 aromatic heterocycles. The maximum Gasteiger partial charge on any atom is 0.347 e. The lowest BCUT2D eigenvalue weighted by atomic mass is 10.0. The second-order valence-electron chi connectivity index (χ2n) is 4.12. The van der Waals surface area contributed by atoms with Gasteiger partial charge >= 0.3 is 5.97 Å². The second-order valence-corrected chi connectivity index (χ2v) is 4.12. The fraction of sp³-hybridized carbons (Fsp3) is 0.533. The summed E-state index contributed by atoms with van der Waals surface area (Å²) in [5.74, 6) is 0.522. The molecule has 0 aliphatic rings. The van der Waals surface area contributed by atoms with E-state index in [1.54, 1.807) is 13.8 Å². The summed E-state index contributed by atoms with van der Waals surface area (Å²) in [7, 11) is 0. The van der Waals surface area contributed by atoms with Crippen molar-refractivity contribution in [3.8, 4) is 5.75 Å². The first-order chi connectivity index (χ1) is 8.63. The van der Waals surface area contributed by atoms with Gasteiger partial charge in [0.25, 0.3) is 0 Å². The van der Waals surface area contributed by atoms with Crippen molar-refractivity contribution in [2.45, 2.75) is 46.6 Å². The predicted molar refractivity (Wildman–Crippen MR) is 71.9 cm³/mol. The Balaban J connectivity index is 2.91. The lowest BCUT2D eigenvalue weighted by molar-refractivity contribution is -0.150. The van der Waals surface area contributed by atoms with Gasteiger partial charge in [-0.1, -0.05) is 32.0 Å². The molecular formula is C15H22O3. The van der Waals surface area contributed by atoms with Crippen LogP contribution in [0.3, 0.4) is 0 Å². The number of carbonyl (C=O) groups excluding carboxylic acids is 1. The summed E-state index contributed by atoms with van der Waals surface area (Å²) in [6.07, 6.45) is 1.21. The Kier molecular flexibility index (Phi) is 5.69. The summed E-state index contributed by atoms with van der Waals surface area (Å²) in [6, 6.07) is 6.10. The van der Waals surface area contributed by atoms with Gasteiger partial charge in [0.1, 0.15) is 5.75 Å². The van der Waals surface area contributed by atoms with E-state index in [0.29, 0.717) is 6.61 Å². The summed E-state index contributed by atoms with van der Waals surface area (Å²) in [6.45, 7) is 8.06. The number of rotatable bonds is 6. The average Bonchev–Trinajstić information content (AvgIpc) is 2.39. The lowest BCUT2D eigenvalue weighted by Gasteiger charge is -2.18. The molecule has 0 fully saturated rings. The van der Waals surface area contributed by atoms with E-state index in [1.165, 1.54) is 0 Å². The first kappa shape index (κ1) is 14.6. The summed E-state index contributed by atoms with van der Waals surface area (Å²) in [5.41, 5.74) is 2.26. The molecule has 0 aliphatic heterocycles. The van der Waals surface area contributed by atoms with Crippen molar-refractivity contribution >= 4 is 5.97 Å². The Morgan fingerprint density at radius 2 is 1.72 bits per heavy atom. The molecule has 1 aromatic carbocycles. The summed E-state index contributed by atoms with van der Waals surface area (Å²) < 4.78 is 10.8. The van der Waals surface area contributed by atoms with E-state index in [9.17, 15) is 4.79 Å². The van der Waals surface area contributed by atoms with E-state index in [-0.39, 0.29) is 5.97 Å². The van der Waals surface area contributed by atoms with Crippen molar-refractivity contribution in [2.24, 2.45) is 0 Å². The maximum atomic E-state index is 11.6. The number of benzene rings is 1. The molecule has 0 unspecified atom stereocenters. The molecule has 0 aliphatic carbocycles. The van der Waals surface area contributed by atoms with Gasteiger partial charge < -0.3 is 9.47 Å². The van der Waals surface area contributed by atoms with Gasteiger partial charge in [-0.15, -0.1) is 0 Å². The van der Waals surface area contributed by atoms with E-state index in [2.05, 4.69) is 13.8 Å². The van der Waals surface area contributed by atoms with Gasteiger partial charge in [-0.3, -0.25) is 0 Å². The van der Waals surface area contributed by atoms with Crippen molar-refractivity contribution in [3.63, 3.8) is 0 Å².